The van der Waals surface area contributed by atoms with Crippen LogP contribution in [-0.2, 0) is 19.1 Å². The van der Waals surface area contributed by atoms with Gasteiger partial charge in [0.25, 0.3) is 0 Å². The first-order valence-corrected chi connectivity index (χ1v) is 9.54. The SMILES string of the molecule is CCC(COC(=O)C1CCCCC1)COC(=O)C1CCCCC1. The molecule has 2 saturated carbocycles. The summed E-state index contributed by atoms with van der Waals surface area (Å²) in [6.45, 7) is 2.81. The first-order chi connectivity index (χ1) is 11.2. The van der Waals surface area contributed by atoms with Gasteiger partial charge >= 0.3 is 11.9 Å². The van der Waals surface area contributed by atoms with Gasteiger partial charge in [0.15, 0.2) is 0 Å². The Morgan fingerprint density at radius 1 is 0.783 bits per heavy atom. The van der Waals surface area contributed by atoms with Gasteiger partial charge in [0.2, 0.25) is 0 Å². The van der Waals surface area contributed by atoms with Crippen molar-refractivity contribution in [3.05, 3.63) is 0 Å². The summed E-state index contributed by atoms with van der Waals surface area (Å²) in [6, 6.07) is 0. The fraction of sp³-hybridized carbons (Fsp3) is 0.895. The van der Waals surface area contributed by atoms with E-state index in [4.69, 9.17) is 9.47 Å². The van der Waals surface area contributed by atoms with Crippen LogP contribution in [0.5, 0.6) is 0 Å². The number of carbonyl (C=O) groups is 2. The Morgan fingerprint density at radius 2 is 1.17 bits per heavy atom. The number of ether oxygens (including phenoxy) is 2. The topological polar surface area (TPSA) is 52.6 Å². The van der Waals surface area contributed by atoms with Gasteiger partial charge in [0.05, 0.1) is 25.0 Å². The number of rotatable bonds is 7. The highest BCUT2D eigenvalue weighted by Crippen LogP contribution is 2.26. The first-order valence-electron chi connectivity index (χ1n) is 9.54. The third kappa shape index (κ3) is 6.15. The predicted octanol–water partition coefficient (Wildman–Crippen LogP) is 4.26. The van der Waals surface area contributed by atoms with Crippen LogP contribution in [0.15, 0.2) is 0 Å². The molecule has 132 valence electrons. The third-order valence-electron chi connectivity index (χ3n) is 5.38. The summed E-state index contributed by atoms with van der Waals surface area (Å²) < 4.78 is 11.0. The zero-order chi connectivity index (χ0) is 16.5. The minimum atomic E-state index is -0.0539. The van der Waals surface area contributed by atoms with E-state index in [0.29, 0.717) is 13.2 Å². The van der Waals surface area contributed by atoms with E-state index in [2.05, 4.69) is 0 Å². The Morgan fingerprint density at radius 3 is 1.52 bits per heavy atom. The fourth-order valence-electron chi connectivity index (χ4n) is 3.60. The van der Waals surface area contributed by atoms with Gasteiger partial charge < -0.3 is 9.47 Å². The number of hydrogen-bond donors (Lipinski definition) is 0. The van der Waals surface area contributed by atoms with E-state index in [1.165, 1.54) is 12.8 Å². The summed E-state index contributed by atoms with van der Waals surface area (Å²) in [6.07, 6.45) is 11.7. The zero-order valence-corrected chi connectivity index (χ0v) is 14.6. The molecule has 0 atom stereocenters. The lowest BCUT2D eigenvalue weighted by Crippen LogP contribution is -2.27. The molecule has 0 aromatic heterocycles. The van der Waals surface area contributed by atoms with Crippen molar-refractivity contribution in [1.29, 1.82) is 0 Å². The van der Waals surface area contributed by atoms with Gasteiger partial charge in [-0.2, -0.15) is 0 Å². The van der Waals surface area contributed by atoms with Crippen molar-refractivity contribution < 1.29 is 19.1 Å². The average molecular weight is 324 g/mol. The molecule has 0 amide bonds. The van der Waals surface area contributed by atoms with Gasteiger partial charge in [-0.3, -0.25) is 9.59 Å². The van der Waals surface area contributed by atoms with E-state index in [1.807, 2.05) is 6.92 Å². The summed E-state index contributed by atoms with van der Waals surface area (Å²) in [5.41, 5.74) is 0. The molecule has 4 nitrogen and oxygen atoms in total. The standard InChI is InChI=1S/C19H32O4/c1-2-15(13-22-18(20)16-9-5-3-6-10-16)14-23-19(21)17-11-7-4-8-12-17/h15-17H,2-14H2,1H3. The zero-order valence-electron chi connectivity index (χ0n) is 14.6. The van der Waals surface area contributed by atoms with Crippen molar-refractivity contribution in [3.63, 3.8) is 0 Å². The molecule has 0 saturated heterocycles. The van der Waals surface area contributed by atoms with Crippen molar-refractivity contribution >= 4 is 11.9 Å². The van der Waals surface area contributed by atoms with Gasteiger partial charge in [-0.1, -0.05) is 45.4 Å². The molecule has 0 spiro atoms. The van der Waals surface area contributed by atoms with Crippen LogP contribution in [0.4, 0.5) is 0 Å². The van der Waals surface area contributed by atoms with Crippen molar-refractivity contribution in [2.24, 2.45) is 17.8 Å². The molecule has 2 fully saturated rings. The minimum absolute atomic E-state index is 0.0539. The van der Waals surface area contributed by atoms with Crippen LogP contribution in [0.1, 0.15) is 77.6 Å². The van der Waals surface area contributed by atoms with E-state index in [-0.39, 0.29) is 29.7 Å². The molecule has 4 heteroatoms. The molecule has 0 bridgehead atoms. The van der Waals surface area contributed by atoms with E-state index >= 15 is 0 Å². The second kappa shape index (κ2) is 9.94. The number of carbonyl (C=O) groups excluding carboxylic acids is 2. The van der Waals surface area contributed by atoms with Crippen LogP contribution in [0, 0.1) is 17.8 Å². The average Bonchev–Trinajstić information content (AvgIpc) is 2.62. The fourth-order valence-corrected chi connectivity index (χ4v) is 3.60. The molecule has 0 aliphatic heterocycles. The largest absolute Gasteiger partial charge is 0.465 e. The highest BCUT2D eigenvalue weighted by molar-refractivity contribution is 5.73. The summed E-state index contributed by atoms with van der Waals surface area (Å²) in [5, 5.41) is 0. The first kappa shape index (κ1) is 18.3. The van der Waals surface area contributed by atoms with Gasteiger partial charge in [-0.15, -0.1) is 0 Å². The van der Waals surface area contributed by atoms with Gasteiger partial charge in [-0.25, -0.2) is 0 Å². The Hall–Kier alpha value is -1.06. The van der Waals surface area contributed by atoms with E-state index in [1.54, 1.807) is 0 Å². The maximum absolute atomic E-state index is 12.1. The summed E-state index contributed by atoms with van der Waals surface area (Å²) in [4.78, 5) is 24.1. The second-order valence-corrected chi connectivity index (χ2v) is 7.20. The van der Waals surface area contributed by atoms with Crippen LogP contribution in [0.2, 0.25) is 0 Å². The van der Waals surface area contributed by atoms with E-state index in [9.17, 15) is 9.59 Å². The predicted molar refractivity (Wildman–Crippen MR) is 88.8 cm³/mol. The quantitative estimate of drug-likeness (QED) is 0.657. The molecule has 0 heterocycles. The summed E-state index contributed by atoms with van der Waals surface area (Å²) >= 11 is 0. The molecule has 0 N–H and O–H groups in total. The lowest BCUT2D eigenvalue weighted by molar-refractivity contribution is -0.155. The Balaban J connectivity index is 1.65. The lowest BCUT2D eigenvalue weighted by atomic mass is 9.89. The van der Waals surface area contributed by atoms with Gasteiger partial charge in [0.1, 0.15) is 0 Å². The maximum Gasteiger partial charge on any atom is 0.308 e. The van der Waals surface area contributed by atoms with Crippen molar-refractivity contribution in [3.8, 4) is 0 Å². The second-order valence-electron chi connectivity index (χ2n) is 7.20. The maximum atomic E-state index is 12.1. The molecular formula is C19H32O4. The van der Waals surface area contributed by atoms with Crippen LogP contribution >= 0.6 is 0 Å². The molecule has 23 heavy (non-hydrogen) atoms. The van der Waals surface area contributed by atoms with E-state index in [0.717, 1.165) is 57.8 Å². The van der Waals surface area contributed by atoms with Crippen molar-refractivity contribution in [1.82, 2.24) is 0 Å². The molecule has 2 aliphatic carbocycles. The smallest absolute Gasteiger partial charge is 0.308 e. The lowest BCUT2D eigenvalue weighted by Gasteiger charge is -2.23. The number of esters is 2. The number of hydrogen-bond acceptors (Lipinski definition) is 4. The normalized spacial score (nSPS) is 20.4. The molecule has 0 radical (unpaired) electrons. The van der Waals surface area contributed by atoms with Crippen LogP contribution < -0.4 is 0 Å². The summed E-state index contributed by atoms with van der Waals surface area (Å²) in [7, 11) is 0. The molecule has 2 aliphatic rings. The third-order valence-corrected chi connectivity index (χ3v) is 5.38. The molecule has 0 unspecified atom stereocenters. The Kier molecular flexibility index (Phi) is 7.90. The highest BCUT2D eigenvalue weighted by Gasteiger charge is 2.25. The molecule has 2 rings (SSSR count). The van der Waals surface area contributed by atoms with E-state index < -0.39 is 0 Å². The monoisotopic (exact) mass is 324 g/mol. The summed E-state index contributed by atoms with van der Waals surface area (Å²) in [5.74, 6) is 0.190. The highest BCUT2D eigenvalue weighted by atomic mass is 16.5. The Labute approximate surface area is 140 Å². The van der Waals surface area contributed by atoms with Crippen LogP contribution in [0.25, 0.3) is 0 Å². The molecule has 0 aromatic carbocycles. The van der Waals surface area contributed by atoms with Crippen molar-refractivity contribution in [2.75, 3.05) is 13.2 Å². The Bertz CT molecular complexity index is 334. The minimum Gasteiger partial charge on any atom is -0.465 e. The molecular weight excluding hydrogens is 292 g/mol. The van der Waals surface area contributed by atoms with Gasteiger partial charge in [0, 0.05) is 5.92 Å². The van der Waals surface area contributed by atoms with Crippen LogP contribution in [-0.4, -0.2) is 25.2 Å². The van der Waals surface area contributed by atoms with Crippen molar-refractivity contribution in [2.45, 2.75) is 77.6 Å². The van der Waals surface area contributed by atoms with Crippen LogP contribution in [0.3, 0.4) is 0 Å². The van der Waals surface area contributed by atoms with Gasteiger partial charge in [-0.05, 0) is 32.1 Å². The molecule has 0 aromatic rings.